The van der Waals surface area contributed by atoms with E-state index in [0.29, 0.717) is 5.69 Å². The molecule has 0 radical (unpaired) electrons. The van der Waals surface area contributed by atoms with Crippen LogP contribution in [-0.2, 0) is 19.6 Å². The molecule has 0 aromatic heterocycles. The van der Waals surface area contributed by atoms with Crippen LogP contribution < -0.4 is 10.0 Å². The molecule has 1 unspecified atom stereocenters. The number of nitrogens with one attached hydrogen (secondary N) is 2. The lowest BCUT2D eigenvalue weighted by molar-refractivity contribution is -0.133. The number of hydrogen-bond donors (Lipinski definition) is 2. The first kappa shape index (κ1) is 19.8. The van der Waals surface area contributed by atoms with Gasteiger partial charge in [-0.2, -0.15) is 4.72 Å². The highest BCUT2D eigenvalue weighted by Crippen LogP contribution is 2.20. The van der Waals surface area contributed by atoms with Crippen LogP contribution in [0.4, 0.5) is 5.69 Å². The molecule has 0 heterocycles. The zero-order chi connectivity index (χ0) is 19.4. The molecule has 2 N–H and O–H groups in total. The van der Waals surface area contributed by atoms with Gasteiger partial charge in [0.15, 0.2) is 11.8 Å². The van der Waals surface area contributed by atoms with Crippen molar-refractivity contribution in [1.82, 2.24) is 4.72 Å². The SMILES string of the molecule is CC(C)(C)C(=O)C(NS(=O)(=O)c1ccccc1)C(=O)Nc1ccccc1. The maximum atomic E-state index is 12.7. The van der Waals surface area contributed by atoms with Crippen LogP contribution in [0.25, 0.3) is 0 Å². The molecule has 0 fully saturated rings. The van der Waals surface area contributed by atoms with Crippen LogP contribution in [0.15, 0.2) is 65.6 Å². The molecule has 1 atom stereocenters. The maximum Gasteiger partial charge on any atom is 0.250 e. The van der Waals surface area contributed by atoms with Crippen molar-refractivity contribution >= 4 is 27.4 Å². The van der Waals surface area contributed by atoms with Gasteiger partial charge in [0.05, 0.1) is 4.90 Å². The Hall–Kier alpha value is -2.51. The van der Waals surface area contributed by atoms with E-state index < -0.39 is 33.2 Å². The zero-order valence-electron chi connectivity index (χ0n) is 14.9. The molecular weight excluding hydrogens is 352 g/mol. The summed E-state index contributed by atoms with van der Waals surface area (Å²) < 4.78 is 27.4. The van der Waals surface area contributed by atoms with Gasteiger partial charge in [-0.15, -0.1) is 0 Å². The summed E-state index contributed by atoms with van der Waals surface area (Å²) in [7, 11) is -4.03. The van der Waals surface area contributed by atoms with Crippen LogP contribution in [-0.4, -0.2) is 26.2 Å². The van der Waals surface area contributed by atoms with Gasteiger partial charge in [-0.3, -0.25) is 9.59 Å². The van der Waals surface area contributed by atoms with Crippen LogP contribution in [0.3, 0.4) is 0 Å². The molecule has 0 bridgehead atoms. The Morgan fingerprint density at radius 2 is 1.38 bits per heavy atom. The van der Waals surface area contributed by atoms with Crippen molar-refractivity contribution in [1.29, 1.82) is 0 Å². The van der Waals surface area contributed by atoms with Gasteiger partial charge in [0, 0.05) is 11.1 Å². The van der Waals surface area contributed by atoms with E-state index >= 15 is 0 Å². The lowest BCUT2D eigenvalue weighted by Crippen LogP contribution is -2.52. The molecular formula is C19H22N2O4S. The van der Waals surface area contributed by atoms with E-state index in [-0.39, 0.29) is 4.90 Å². The average molecular weight is 374 g/mol. The molecule has 0 aliphatic rings. The van der Waals surface area contributed by atoms with Crippen LogP contribution in [0.1, 0.15) is 20.8 Å². The summed E-state index contributed by atoms with van der Waals surface area (Å²) in [4.78, 5) is 25.4. The van der Waals surface area contributed by atoms with Gasteiger partial charge in [-0.05, 0) is 24.3 Å². The lowest BCUT2D eigenvalue weighted by atomic mass is 9.86. The molecule has 2 aromatic carbocycles. The second-order valence-electron chi connectivity index (χ2n) is 6.84. The Morgan fingerprint density at radius 1 is 0.885 bits per heavy atom. The number of rotatable bonds is 6. The minimum Gasteiger partial charge on any atom is -0.324 e. The predicted molar refractivity (Wildman–Crippen MR) is 100 cm³/mol. The van der Waals surface area contributed by atoms with Crippen molar-refractivity contribution in [3.63, 3.8) is 0 Å². The normalized spacial score (nSPS) is 13.0. The Labute approximate surface area is 153 Å². The number of sulfonamides is 1. The highest BCUT2D eigenvalue weighted by molar-refractivity contribution is 7.89. The second kappa shape index (κ2) is 7.80. The smallest absolute Gasteiger partial charge is 0.250 e. The Kier molecular flexibility index (Phi) is 5.94. The number of hydrogen-bond acceptors (Lipinski definition) is 4. The van der Waals surface area contributed by atoms with Crippen molar-refractivity contribution in [3.05, 3.63) is 60.7 Å². The van der Waals surface area contributed by atoms with Gasteiger partial charge in [-0.25, -0.2) is 8.42 Å². The summed E-state index contributed by atoms with van der Waals surface area (Å²) in [5.74, 6) is -1.25. The minimum atomic E-state index is -4.03. The van der Waals surface area contributed by atoms with Gasteiger partial charge in [0.2, 0.25) is 15.9 Å². The molecule has 1 amide bonds. The first-order valence-electron chi connectivity index (χ1n) is 8.09. The fraction of sp³-hybridized carbons (Fsp3) is 0.263. The van der Waals surface area contributed by atoms with Gasteiger partial charge in [-0.1, -0.05) is 57.2 Å². The number of Topliss-reactive ketones (excluding diaryl/α,β-unsaturated/α-hetero) is 1. The first-order valence-corrected chi connectivity index (χ1v) is 9.57. The monoisotopic (exact) mass is 374 g/mol. The van der Waals surface area contributed by atoms with Crippen molar-refractivity contribution < 1.29 is 18.0 Å². The minimum absolute atomic E-state index is 0.0146. The molecule has 0 aliphatic heterocycles. The molecule has 0 saturated carbocycles. The van der Waals surface area contributed by atoms with Gasteiger partial charge >= 0.3 is 0 Å². The van der Waals surface area contributed by atoms with Crippen molar-refractivity contribution in [2.45, 2.75) is 31.7 Å². The maximum absolute atomic E-state index is 12.7. The third kappa shape index (κ3) is 5.00. The topological polar surface area (TPSA) is 92.3 Å². The highest BCUT2D eigenvalue weighted by atomic mass is 32.2. The van der Waals surface area contributed by atoms with E-state index in [9.17, 15) is 18.0 Å². The number of benzene rings is 2. The van der Waals surface area contributed by atoms with E-state index in [4.69, 9.17) is 0 Å². The highest BCUT2D eigenvalue weighted by Gasteiger charge is 2.37. The fourth-order valence-electron chi connectivity index (χ4n) is 2.22. The summed E-state index contributed by atoms with van der Waals surface area (Å²) in [6.45, 7) is 4.90. The molecule has 7 heteroatoms. The van der Waals surface area contributed by atoms with Crippen molar-refractivity contribution in [2.75, 3.05) is 5.32 Å². The first-order chi connectivity index (χ1) is 12.1. The molecule has 6 nitrogen and oxygen atoms in total. The fourth-order valence-corrected chi connectivity index (χ4v) is 3.39. The van der Waals surface area contributed by atoms with E-state index in [1.54, 1.807) is 69.3 Å². The molecule has 0 spiro atoms. The summed E-state index contributed by atoms with van der Waals surface area (Å²) in [6.07, 6.45) is 0. The van der Waals surface area contributed by atoms with Gasteiger partial charge < -0.3 is 5.32 Å². The molecule has 2 rings (SSSR count). The molecule has 2 aromatic rings. The Bertz CT molecular complexity index is 873. The molecule has 0 aliphatic carbocycles. The van der Waals surface area contributed by atoms with Gasteiger partial charge in [0.25, 0.3) is 0 Å². The zero-order valence-corrected chi connectivity index (χ0v) is 15.7. The number of anilines is 1. The van der Waals surface area contributed by atoms with E-state index in [2.05, 4.69) is 10.0 Å². The molecule has 0 saturated heterocycles. The summed E-state index contributed by atoms with van der Waals surface area (Å²) in [5, 5.41) is 2.58. The van der Waals surface area contributed by atoms with Crippen molar-refractivity contribution in [2.24, 2.45) is 5.41 Å². The van der Waals surface area contributed by atoms with Crippen LogP contribution in [0.2, 0.25) is 0 Å². The number of carbonyl (C=O) groups is 2. The number of ketones is 1. The molecule has 138 valence electrons. The number of para-hydroxylation sites is 1. The van der Waals surface area contributed by atoms with E-state index in [0.717, 1.165) is 0 Å². The third-order valence-electron chi connectivity index (χ3n) is 3.63. The molecule has 26 heavy (non-hydrogen) atoms. The number of amides is 1. The largest absolute Gasteiger partial charge is 0.324 e. The van der Waals surface area contributed by atoms with E-state index in [1.807, 2.05) is 0 Å². The Morgan fingerprint density at radius 3 is 1.88 bits per heavy atom. The Balaban J connectivity index is 2.32. The summed E-state index contributed by atoms with van der Waals surface area (Å²) in [5.41, 5.74) is -0.430. The van der Waals surface area contributed by atoms with Crippen LogP contribution >= 0.6 is 0 Å². The standard InChI is InChI=1S/C19H22N2O4S/c1-19(2,3)17(22)16(18(23)20-14-10-6-4-7-11-14)21-26(24,25)15-12-8-5-9-13-15/h4-13,16,21H,1-3H3,(H,20,23). The van der Waals surface area contributed by atoms with Crippen LogP contribution in [0.5, 0.6) is 0 Å². The van der Waals surface area contributed by atoms with E-state index in [1.165, 1.54) is 12.1 Å². The average Bonchev–Trinajstić information content (AvgIpc) is 2.60. The number of carbonyl (C=O) groups excluding carboxylic acids is 2. The third-order valence-corrected chi connectivity index (χ3v) is 5.07. The lowest BCUT2D eigenvalue weighted by Gasteiger charge is -2.24. The summed E-state index contributed by atoms with van der Waals surface area (Å²) >= 11 is 0. The predicted octanol–water partition coefficient (Wildman–Crippen LogP) is 2.59. The van der Waals surface area contributed by atoms with Gasteiger partial charge in [0.1, 0.15) is 0 Å². The van der Waals surface area contributed by atoms with Crippen molar-refractivity contribution in [3.8, 4) is 0 Å². The summed E-state index contributed by atoms with van der Waals surface area (Å²) in [6, 6.07) is 14.6. The van der Waals surface area contributed by atoms with Crippen LogP contribution in [0, 0.1) is 5.41 Å². The second-order valence-corrected chi connectivity index (χ2v) is 8.55. The quantitative estimate of drug-likeness (QED) is 0.760.